The summed E-state index contributed by atoms with van der Waals surface area (Å²) in [7, 11) is 0. The van der Waals surface area contributed by atoms with Crippen LogP contribution in [0.15, 0.2) is 30.3 Å². The molecule has 1 aliphatic heterocycles. The second kappa shape index (κ2) is 10.1. The number of carbonyl (C=O) groups is 2. The van der Waals surface area contributed by atoms with E-state index in [2.05, 4.69) is 13.8 Å². The third-order valence-corrected chi connectivity index (χ3v) is 4.47. The van der Waals surface area contributed by atoms with E-state index in [-0.39, 0.29) is 24.8 Å². The molecule has 0 aliphatic carbocycles. The molecule has 1 heterocycles. The predicted molar refractivity (Wildman–Crippen MR) is 96.1 cm³/mol. The standard InChI is InChI=1S/C20H29NO4/c1-3-9-17(10-4-2)25-20(23)21-14-8-13-18(21)19(22)24-15-16-11-6-5-7-12-16/h5-7,11-12,17-18H,3-4,8-10,13-15H2,1-2H3/t18-/m0/s1. The summed E-state index contributed by atoms with van der Waals surface area (Å²) in [6, 6.07) is 9.03. The molecule has 0 aromatic heterocycles. The Morgan fingerprint density at radius 2 is 1.84 bits per heavy atom. The summed E-state index contributed by atoms with van der Waals surface area (Å²) in [5, 5.41) is 0. The van der Waals surface area contributed by atoms with Crippen molar-refractivity contribution < 1.29 is 19.1 Å². The molecule has 0 radical (unpaired) electrons. The molecule has 1 atom stereocenters. The lowest BCUT2D eigenvalue weighted by Crippen LogP contribution is -2.42. The number of likely N-dealkylation sites (tertiary alicyclic amines) is 1. The average molecular weight is 347 g/mol. The van der Waals surface area contributed by atoms with Gasteiger partial charge in [0.05, 0.1) is 0 Å². The van der Waals surface area contributed by atoms with Crippen LogP contribution in [0.2, 0.25) is 0 Å². The number of amides is 1. The van der Waals surface area contributed by atoms with Gasteiger partial charge >= 0.3 is 12.1 Å². The maximum atomic E-state index is 12.5. The Morgan fingerprint density at radius 1 is 1.16 bits per heavy atom. The van der Waals surface area contributed by atoms with Gasteiger partial charge in [-0.3, -0.25) is 4.90 Å². The number of hydrogen-bond donors (Lipinski definition) is 0. The van der Waals surface area contributed by atoms with Crippen molar-refractivity contribution >= 4 is 12.1 Å². The van der Waals surface area contributed by atoms with Gasteiger partial charge in [-0.2, -0.15) is 0 Å². The summed E-state index contributed by atoms with van der Waals surface area (Å²) >= 11 is 0. The predicted octanol–water partition coefficient (Wildman–Crippen LogP) is 4.30. The lowest BCUT2D eigenvalue weighted by Gasteiger charge is -2.25. The molecule has 0 spiro atoms. The van der Waals surface area contributed by atoms with Crippen LogP contribution in [0.3, 0.4) is 0 Å². The van der Waals surface area contributed by atoms with Crippen LogP contribution in [0.25, 0.3) is 0 Å². The van der Waals surface area contributed by atoms with Gasteiger partial charge in [0.1, 0.15) is 18.8 Å². The Balaban J connectivity index is 1.89. The first kappa shape index (κ1) is 19.3. The molecule has 25 heavy (non-hydrogen) atoms. The average Bonchev–Trinajstić information content (AvgIpc) is 3.11. The second-order valence-electron chi connectivity index (χ2n) is 6.53. The number of hydrogen-bond acceptors (Lipinski definition) is 4. The first-order valence-corrected chi connectivity index (χ1v) is 9.33. The summed E-state index contributed by atoms with van der Waals surface area (Å²) in [6.45, 7) is 4.94. The number of ether oxygens (including phenoxy) is 2. The second-order valence-corrected chi connectivity index (χ2v) is 6.53. The van der Waals surface area contributed by atoms with E-state index in [9.17, 15) is 9.59 Å². The van der Waals surface area contributed by atoms with Crippen LogP contribution in [-0.4, -0.2) is 35.7 Å². The molecule has 0 N–H and O–H groups in total. The van der Waals surface area contributed by atoms with Crippen LogP contribution < -0.4 is 0 Å². The van der Waals surface area contributed by atoms with Crippen LogP contribution in [0.5, 0.6) is 0 Å². The van der Waals surface area contributed by atoms with Gasteiger partial charge in [0.25, 0.3) is 0 Å². The Labute approximate surface area is 150 Å². The van der Waals surface area contributed by atoms with Crippen molar-refractivity contribution in [2.75, 3.05) is 6.54 Å². The highest BCUT2D eigenvalue weighted by atomic mass is 16.6. The van der Waals surface area contributed by atoms with Gasteiger partial charge in [-0.15, -0.1) is 0 Å². The number of esters is 1. The Hall–Kier alpha value is -2.04. The van der Waals surface area contributed by atoms with Crippen LogP contribution >= 0.6 is 0 Å². The highest BCUT2D eigenvalue weighted by molar-refractivity contribution is 5.82. The van der Waals surface area contributed by atoms with E-state index < -0.39 is 6.04 Å². The van der Waals surface area contributed by atoms with Crippen molar-refractivity contribution in [1.82, 2.24) is 4.90 Å². The molecule has 0 bridgehead atoms. The van der Waals surface area contributed by atoms with Crippen molar-refractivity contribution in [1.29, 1.82) is 0 Å². The lowest BCUT2D eigenvalue weighted by atomic mass is 10.1. The minimum absolute atomic E-state index is 0.0657. The Kier molecular flexibility index (Phi) is 7.76. The molecular weight excluding hydrogens is 318 g/mol. The summed E-state index contributed by atoms with van der Waals surface area (Å²) in [5.74, 6) is -0.346. The van der Waals surface area contributed by atoms with E-state index in [1.165, 1.54) is 4.90 Å². The quantitative estimate of drug-likeness (QED) is 0.658. The van der Waals surface area contributed by atoms with E-state index in [1.54, 1.807) is 0 Å². The normalized spacial score (nSPS) is 16.9. The van der Waals surface area contributed by atoms with Gasteiger partial charge in [-0.1, -0.05) is 57.0 Å². The third-order valence-electron chi connectivity index (χ3n) is 4.47. The largest absolute Gasteiger partial charge is 0.459 e. The van der Waals surface area contributed by atoms with Crippen molar-refractivity contribution in [2.45, 2.75) is 71.1 Å². The van der Waals surface area contributed by atoms with Gasteiger partial charge in [0.15, 0.2) is 0 Å². The molecule has 5 heteroatoms. The zero-order valence-electron chi connectivity index (χ0n) is 15.3. The summed E-state index contributed by atoms with van der Waals surface area (Å²) < 4.78 is 11.0. The molecule has 1 aliphatic rings. The van der Waals surface area contributed by atoms with Crippen molar-refractivity contribution in [3.05, 3.63) is 35.9 Å². The molecule has 1 fully saturated rings. The molecule has 1 saturated heterocycles. The third kappa shape index (κ3) is 5.76. The molecular formula is C20H29NO4. The number of benzene rings is 1. The fraction of sp³-hybridized carbons (Fsp3) is 0.600. The van der Waals surface area contributed by atoms with E-state index in [4.69, 9.17) is 9.47 Å². The fourth-order valence-electron chi connectivity index (χ4n) is 3.17. The number of rotatable bonds is 8. The topological polar surface area (TPSA) is 55.8 Å². The molecule has 1 amide bonds. The summed E-state index contributed by atoms with van der Waals surface area (Å²) in [4.78, 5) is 26.4. The highest BCUT2D eigenvalue weighted by Crippen LogP contribution is 2.22. The first-order chi connectivity index (χ1) is 12.2. The monoisotopic (exact) mass is 347 g/mol. The van der Waals surface area contributed by atoms with Gasteiger partial charge in [0.2, 0.25) is 0 Å². The number of carbonyl (C=O) groups excluding carboxylic acids is 2. The minimum Gasteiger partial charge on any atom is -0.459 e. The van der Waals surface area contributed by atoms with Crippen molar-refractivity contribution in [2.24, 2.45) is 0 Å². The molecule has 1 aromatic rings. The number of nitrogens with zero attached hydrogens (tertiary/aromatic N) is 1. The fourth-order valence-corrected chi connectivity index (χ4v) is 3.17. The smallest absolute Gasteiger partial charge is 0.410 e. The van der Waals surface area contributed by atoms with Crippen molar-refractivity contribution in [3.8, 4) is 0 Å². The lowest BCUT2D eigenvalue weighted by molar-refractivity contribution is -0.150. The highest BCUT2D eigenvalue weighted by Gasteiger charge is 2.37. The molecule has 1 aromatic carbocycles. The SMILES string of the molecule is CCCC(CCC)OC(=O)N1CCC[C@H]1C(=O)OCc1ccccc1. The van der Waals surface area contributed by atoms with Crippen LogP contribution in [-0.2, 0) is 20.9 Å². The van der Waals surface area contributed by atoms with E-state index in [0.717, 1.165) is 37.7 Å². The van der Waals surface area contributed by atoms with Crippen LogP contribution in [0.1, 0.15) is 57.9 Å². The first-order valence-electron chi connectivity index (χ1n) is 9.33. The van der Waals surface area contributed by atoms with Crippen molar-refractivity contribution in [3.63, 3.8) is 0 Å². The van der Waals surface area contributed by atoms with Gasteiger partial charge in [0, 0.05) is 6.54 Å². The van der Waals surface area contributed by atoms with E-state index in [1.807, 2.05) is 30.3 Å². The summed E-state index contributed by atoms with van der Waals surface area (Å²) in [5.41, 5.74) is 0.939. The molecule has 5 nitrogen and oxygen atoms in total. The molecule has 2 rings (SSSR count). The summed E-state index contributed by atoms with van der Waals surface area (Å²) in [6.07, 6.45) is 4.64. The van der Waals surface area contributed by atoms with Gasteiger partial charge in [-0.25, -0.2) is 9.59 Å². The molecule has 0 saturated carbocycles. The van der Waals surface area contributed by atoms with Crippen LogP contribution in [0, 0.1) is 0 Å². The maximum Gasteiger partial charge on any atom is 0.410 e. The van der Waals surface area contributed by atoms with Gasteiger partial charge < -0.3 is 9.47 Å². The maximum absolute atomic E-state index is 12.5. The zero-order valence-corrected chi connectivity index (χ0v) is 15.3. The van der Waals surface area contributed by atoms with E-state index in [0.29, 0.717) is 13.0 Å². The van der Waals surface area contributed by atoms with Gasteiger partial charge in [-0.05, 0) is 31.2 Å². The Morgan fingerprint density at radius 3 is 2.48 bits per heavy atom. The minimum atomic E-state index is -0.528. The molecule has 138 valence electrons. The zero-order chi connectivity index (χ0) is 18.1. The molecule has 0 unspecified atom stereocenters. The van der Waals surface area contributed by atoms with Crippen LogP contribution in [0.4, 0.5) is 4.79 Å². The van der Waals surface area contributed by atoms with E-state index >= 15 is 0 Å². The Bertz CT molecular complexity index is 540.